The zero-order chi connectivity index (χ0) is 16.5. The molecule has 2 heterocycles. The van der Waals surface area contributed by atoms with Crippen LogP contribution in [0, 0.1) is 18.8 Å². The smallest absolute Gasteiger partial charge is 0.351 e. The van der Waals surface area contributed by atoms with E-state index in [2.05, 4.69) is 16.8 Å². The molecule has 9 heteroatoms. The maximum absolute atomic E-state index is 12.4. The SMILES string of the molecule is Cc1cc(N)nc(=O)n1[C@@H]1O[C@H](CO)C(O)[C@]1(N)C#CCF. The monoisotopic (exact) mass is 312 g/mol. The van der Waals surface area contributed by atoms with Gasteiger partial charge in [0, 0.05) is 5.69 Å². The van der Waals surface area contributed by atoms with Gasteiger partial charge in [-0.2, -0.15) is 4.98 Å². The maximum atomic E-state index is 12.4. The molecular formula is C13H17FN4O4. The Bertz CT molecular complexity index is 683. The molecule has 1 aromatic heterocycles. The number of aryl methyl sites for hydroxylation is 1. The first-order chi connectivity index (χ1) is 10.3. The normalized spacial score (nSPS) is 30.9. The highest BCUT2D eigenvalue weighted by atomic mass is 19.1. The van der Waals surface area contributed by atoms with E-state index in [9.17, 15) is 19.4 Å². The van der Waals surface area contributed by atoms with Crippen LogP contribution < -0.4 is 17.2 Å². The second-order valence-corrected chi connectivity index (χ2v) is 5.00. The quantitative estimate of drug-likeness (QED) is 0.466. The number of nitrogens with two attached hydrogens (primary N) is 2. The lowest BCUT2D eigenvalue weighted by molar-refractivity contribution is -0.0483. The molecule has 1 aromatic rings. The Labute approximate surface area is 125 Å². The molecular weight excluding hydrogens is 295 g/mol. The van der Waals surface area contributed by atoms with Gasteiger partial charge in [-0.05, 0) is 13.0 Å². The Morgan fingerprint density at radius 3 is 2.86 bits per heavy atom. The lowest BCUT2D eigenvalue weighted by Gasteiger charge is -2.28. The molecule has 0 radical (unpaired) electrons. The van der Waals surface area contributed by atoms with Gasteiger partial charge in [0.25, 0.3) is 0 Å². The number of ether oxygens (including phenoxy) is 1. The van der Waals surface area contributed by atoms with Crippen molar-refractivity contribution in [2.24, 2.45) is 5.73 Å². The van der Waals surface area contributed by atoms with Gasteiger partial charge in [-0.1, -0.05) is 11.8 Å². The lowest BCUT2D eigenvalue weighted by Crippen LogP contribution is -2.55. The Kier molecular flexibility index (Phi) is 4.48. The van der Waals surface area contributed by atoms with Crippen LogP contribution in [0.5, 0.6) is 0 Å². The van der Waals surface area contributed by atoms with Gasteiger partial charge >= 0.3 is 5.69 Å². The molecule has 1 aliphatic rings. The van der Waals surface area contributed by atoms with Crippen LogP contribution in [0.1, 0.15) is 11.9 Å². The number of nitrogen functional groups attached to an aromatic ring is 1. The summed E-state index contributed by atoms with van der Waals surface area (Å²) < 4.78 is 18.9. The summed E-state index contributed by atoms with van der Waals surface area (Å²) in [5.41, 5.74) is 9.42. The minimum atomic E-state index is -1.77. The molecule has 1 fully saturated rings. The van der Waals surface area contributed by atoms with E-state index in [1.165, 1.54) is 6.07 Å². The molecule has 1 unspecified atom stereocenters. The predicted molar refractivity (Wildman–Crippen MR) is 75.3 cm³/mol. The van der Waals surface area contributed by atoms with Gasteiger partial charge in [-0.15, -0.1) is 0 Å². The first-order valence-electron chi connectivity index (χ1n) is 6.50. The van der Waals surface area contributed by atoms with E-state index in [0.29, 0.717) is 5.69 Å². The first kappa shape index (κ1) is 16.4. The van der Waals surface area contributed by atoms with Crippen molar-refractivity contribution in [3.8, 4) is 11.8 Å². The highest BCUT2D eigenvalue weighted by Gasteiger charge is 2.54. The minimum Gasteiger partial charge on any atom is -0.394 e. The van der Waals surface area contributed by atoms with E-state index in [1.807, 2.05) is 0 Å². The van der Waals surface area contributed by atoms with Gasteiger partial charge in [0.1, 0.15) is 24.7 Å². The molecule has 0 aromatic carbocycles. The van der Waals surface area contributed by atoms with Crippen molar-refractivity contribution in [1.82, 2.24) is 9.55 Å². The third kappa shape index (κ3) is 2.57. The molecule has 1 saturated heterocycles. The third-order valence-electron chi connectivity index (χ3n) is 3.51. The highest BCUT2D eigenvalue weighted by molar-refractivity contribution is 5.31. The van der Waals surface area contributed by atoms with Crippen LogP contribution >= 0.6 is 0 Å². The maximum Gasteiger partial charge on any atom is 0.351 e. The summed E-state index contributed by atoms with van der Waals surface area (Å²) >= 11 is 0. The second kappa shape index (κ2) is 6.02. The first-order valence-corrected chi connectivity index (χ1v) is 6.50. The molecule has 6 N–H and O–H groups in total. The molecule has 1 aliphatic heterocycles. The number of aliphatic hydroxyl groups excluding tert-OH is 2. The minimum absolute atomic E-state index is 0.0217. The van der Waals surface area contributed by atoms with Crippen molar-refractivity contribution in [2.75, 3.05) is 19.0 Å². The number of aliphatic hydroxyl groups is 2. The van der Waals surface area contributed by atoms with E-state index in [4.69, 9.17) is 16.2 Å². The summed E-state index contributed by atoms with van der Waals surface area (Å²) in [7, 11) is 0. The van der Waals surface area contributed by atoms with E-state index in [1.54, 1.807) is 6.92 Å². The summed E-state index contributed by atoms with van der Waals surface area (Å²) in [6, 6.07) is 1.42. The highest BCUT2D eigenvalue weighted by Crippen LogP contribution is 2.36. The van der Waals surface area contributed by atoms with Crippen molar-refractivity contribution in [2.45, 2.75) is 30.9 Å². The molecule has 4 atom stereocenters. The Hall–Kier alpha value is -1.99. The summed E-state index contributed by atoms with van der Waals surface area (Å²) in [5.74, 6) is 4.54. The van der Waals surface area contributed by atoms with Gasteiger partial charge in [0.05, 0.1) is 6.61 Å². The zero-order valence-electron chi connectivity index (χ0n) is 11.9. The van der Waals surface area contributed by atoms with Crippen molar-refractivity contribution in [3.05, 3.63) is 22.2 Å². The number of alkyl halides is 1. The fourth-order valence-corrected chi connectivity index (χ4v) is 2.46. The van der Waals surface area contributed by atoms with Crippen molar-refractivity contribution in [3.63, 3.8) is 0 Å². The molecule has 22 heavy (non-hydrogen) atoms. The van der Waals surface area contributed by atoms with Gasteiger partial charge in [0.2, 0.25) is 0 Å². The van der Waals surface area contributed by atoms with Crippen molar-refractivity contribution < 1.29 is 19.3 Å². The molecule has 0 amide bonds. The van der Waals surface area contributed by atoms with Crippen LogP contribution in [-0.4, -0.2) is 50.8 Å². The van der Waals surface area contributed by atoms with Crippen LogP contribution in [0.4, 0.5) is 10.2 Å². The third-order valence-corrected chi connectivity index (χ3v) is 3.51. The molecule has 0 bridgehead atoms. The van der Waals surface area contributed by atoms with E-state index < -0.39 is 42.9 Å². The molecule has 2 rings (SSSR count). The number of rotatable bonds is 2. The number of halogens is 1. The van der Waals surface area contributed by atoms with E-state index in [-0.39, 0.29) is 5.82 Å². The predicted octanol–water partition coefficient (Wildman–Crippen LogP) is -1.95. The average molecular weight is 312 g/mol. The number of hydrogen-bond acceptors (Lipinski definition) is 7. The lowest BCUT2D eigenvalue weighted by atomic mass is 9.91. The van der Waals surface area contributed by atoms with Crippen LogP contribution in [-0.2, 0) is 4.74 Å². The van der Waals surface area contributed by atoms with Gasteiger partial charge < -0.3 is 26.4 Å². The largest absolute Gasteiger partial charge is 0.394 e. The van der Waals surface area contributed by atoms with Gasteiger partial charge in [-0.25, -0.2) is 9.18 Å². The van der Waals surface area contributed by atoms with Crippen LogP contribution in [0.2, 0.25) is 0 Å². The van der Waals surface area contributed by atoms with Crippen molar-refractivity contribution >= 4 is 5.82 Å². The molecule has 120 valence electrons. The van der Waals surface area contributed by atoms with E-state index >= 15 is 0 Å². The topological polar surface area (TPSA) is 137 Å². The molecule has 0 aliphatic carbocycles. The summed E-state index contributed by atoms with van der Waals surface area (Å²) in [4.78, 5) is 15.7. The summed E-state index contributed by atoms with van der Waals surface area (Å²) in [5, 5.41) is 19.5. The molecule has 0 saturated carbocycles. The Morgan fingerprint density at radius 1 is 1.64 bits per heavy atom. The fourth-order valence-electron chi connectivity index (χ4n) is 2.46. The summed E-state index contributed by atoms with van der Waals surface area (Å²) in [6.45, 7) is 0.0601. The second-order valence-electron chi connectivity index (χ2n) is 5.00. The fraction of sp³-hybridized carbons (Fsp3) is 0.538. The Balaban J connectivity index is 2.59. The number of anilines is 1. The number of aromatic nitrogens is 2. The average Bonchev–Trinajstić information content (AvgIpc) is 2.69. The van der Waals surface area contributed by atoms with Crippen LogP contribution in [0.15, 0.2) is 10.9 Å². The summed E-state index contributed by atoms with van der Waals surface area (Å²) in [6.07, 6.45) is -3.71. The number of nitrogens with zero attached hydrogens (tertiary/aromatic N) is 2. The van der Waals surface area contributed by atoms with Gasteiger partial charge in [0.15, 0.2) is 11.8 Å². The molecule has 8 nitrogen and oxygen atoms in total. The van der Waals surface area contributed by atoms with Crippen LogP contribution in [0.25, 0.3) is 0 Å². The zero-order valence-corrected chi connectivity index (χ0v) is 11.9. The van der Waals surface area contributed by atoms with Crippen LogP contribution in [0.3, 0.4) is 0 Å². The molecule has 0 spiro atoms. The van der Waals surface area contributed by atoms with Gasteiger partial charge in [-0.3, -0.25) is 4.57 Å². The Morgan fingerprint density at radius 2 is 2.32 bits per heavy atom. The van der Waals surface area contributed by atoms with Crippen molar-refractivity contribution in [1.29, 1.82) is 0 Å². The van der Waals surface area contributed by atoms with E-state index in [0.717, 1.165) is 4.57 Å². The number of hydrogen-bond donors (Lipinski definition) is 4. The standard InChI is InChI=1S/C13H17FN4O4/c1-7-5-9(15)17-12(21)18(7)11-13(16,3-2-4-14)10(20)8(6-19)22-11/h5,8,10-11,19-20H,4,6,16H2,1H3,(H2,15,17,21)/t8-,10?,11-,13-/m1/s1.